The van der Waals surface area contributed by atoms with E-state index in [-0.39, 0.29) is 6.10 Å². The van der Waals surface area contributed by atoms with E-state index in [1.165, 1.54) is 0 Å². The molecular weight excluding hydrogens is 276 g/mol. The second-order valence-electron chi connectivity index (χ2n) is 5.22. The Bertz CT molecular complexity index is 568. The van der Waals surface area contributed by atoms with Gasteiger partial charge in [-0.2, -0.15) is 0 Å². The monoisotopic (exact) mass is 292 g/mol. The topological polar surface area (TPSA) is 49.5 Å². The Morgan fingerprint density at radius 3 is 2.90 bits per heavy atom. The summed E-state index contributed by atoms with van der Waals surface area (Å²) in [6, 6.07) is 9.48. The van der Waals surface area contributed by atoms with Crippen LogP contribution in [0.15, 0.2) is 34.9 Å². The molecule has 4 nitrogen and oxygen atoms in total. The van der Waals surface area contributed by atoms with Crippen molar-refractivity contribution in [2.75, 3.05) is 13.1 Å². The highest BCUT2D eigenvalue weighted by molar-refractivity contribution is 6.30. The molecular formula is C15H17ClN2O2. The lowest BCUT2D eigenvalue weighted by molar-refractivity contribution is 0.0622. The number of β-amino-alcohol motifs (C(OH)–C–C–N with tert-alkyl or cyclic N) is 1. The molecule has 0 saturated carbocycles. The SMILES string of the molecule is OC1CCCN(Cc2cc(-c3ccc(Cl)cc3)no2)C1. The van der Waals surface area contributed by atoms with E-state index in [0.29, 0.717) is 18.1 Å². The lowest BCUT2D eigenvalue weighted by atomic mass is 10.1. The molecule has 1 aromatic carbocycles. The molecule has 20 heavy (non-hydrogen) atoms. The highest BCUT2D eigenvalue weighted by Gasteiger charge is 2.19. The number of hydrogen-bond acceptors (Lipinski definition) is 4. The van der Waals surface area contributed by atoms with Gasteiger partial charge >= 0.3 is 0 Å². The van der Waals surface area contributed by atoms with E-state index in [4.69, 9.17) is 16.1 Å². The lowest BCUT2D eigenvalue weighted by Gasteiger charge is -2.28. The van der Waals surface area contributed by atoms with E-state index in [9.17, 15) is 5.11 Å². The maximum Gasteiger partial charge on any atom is 0.151 e. The van der Waals surface area contributed by atoms with Gasteiger partial charge in [0.05, 0.1) is 12.6 Å². The van der Waals surface area contributed by atoms with Gasteiger partial charge in [0.1, 0.15) is 5.69 Å². The first-order valence-corrected chi connectivity index (χ1v) is 7.20. The standard InChI is InChI=1S/C15H17ClN2O2/c16-12-5-3-11(4-6-12)15-8-14(20-17-15)10-18-7-1-2-13(19)9-18/h3-6,8,13,19H,1-2,7,9-10H2. The van der Waals surface area contributed by atoms with Crippen LogP contribution in [0.25, 0.3) is 11.3 Å². The van der Waals surface area contributed by atoms with Crippen molar-refractivity contribution in [1.82, 2.24) is 10.1 Å². The van der Waals surface area contributed by atoms with Crippen LogP contribution in [-0.4, -0.2) is 34.4 Å². The Labute approximate surface area is 122 Å². The molecule has 3 rings (SSSR count). The van der Waals surface area contributed by atoms with E-state index >= 15 is 0 Å². The number of aromatic nitrogens is 1. The molecule has 1 aromatic heterocycles. The second kappa shape index (κ2) is 5.95. The van der Waals surface area contributed by atoms with Crippen LogP contribution in [0.2, 0.25) is 5.02 Å². The van der Waals surface area contributed by atoms with Crippen LogP contribution in [0, 0.1) is 0 Å². The van der Waals surface area contributed by atoms with Crippen molar-refractivity contribution in [3.8, 4) is 11.3 Å². The summed E-state index contributed by atoms with van der Waals surface area (Å²) in [5.74, 6) is 0.823. The molecule has 1 aliphatic rings. The number of halogens is 1. The third-order valence-electron chi connectivity index (χ3n) is 3.56. The second-order valence-corrected chi connectivity index (χ2v) is 5.65. The summed E-state index contributed by atoms with van der Waals surface area (Å²) >= 11 is 5.87. The van der Waals surface area contributed by atoms with Crippen molar-refractivity contribution in [3.05, 3.63) is 41.1 Å². The van der Waals surface area contributed by atoms with Crippen LogP contribution >= 0.6 is 11.6 Å². The van der Waals surface area contributed by atoms with E-state index < -0.39 is 0 Å². The van der Waals surface area contributed by atoms with Gasteiger partial charge in [-0.1, -0.05) is 28.9 Å². The minimum Gasteiger partial charge on any atom is -0.392 e. The number of nitrogens with zero attached hydrogens (tertiary/aromatic N) is 2. The van der Waals surface area contributed by atoms with Gasteiger partial charge in [0, 0.05) is 23.2 Å². The molecule has 1 N–H and O–H groups in total. The fourth-order valence-corrected chi connectivity index (χ4v) is 2.67. The fourth-order valence-electron chi connectivity index (χ4n) is 2.54. The maximum atomic E-state index is 9.67. The van der Waals surface area contributed by atoms with E-state index in [0.717, 1.165) is 36.4 Å². The van der Waals surface area contributed by atoms with Crippen molar-refractivity contribution in [2.24, 2.45) is 0 Å². The molecule has 2 aromatic rings. The molecule has 1 aliphatic heterocycles. The largest absolute Gasteiger partial charge is 0.392 e. The van der Waals surface area contributed by atoms with Gasteiger partial charge in [-0.05, 0) is 31.5 Å². The molecule has 0 bridgehead atoms. The zero-order chi connectivity index (χ0) is 13.9. The summed E-state index contributed by atoms with van der Waals surface area (Å²) < 4.78 is 5.38. The molecule has 0 spiro atoms. The molecule has 2 heterocycles. The van der Waals surface area contributed by atoms with Crippen LogP contribution in [0.4, 0.5) is 0 Å². The first kappa shape index (κ1) is 13.6. The highest BCUT2D eigenvalue weighted by atomic mass is 35.5. The predicted molar refractivity (Wildman–Crippen MR) is 77.5 cm³/mol. The maximum absolute atomic E-state index is 9.67. The Morgan fingerprint density at radius 1 is 1.35 bits per heavy atom. The smallest absolute Gasteiger partial charge is 0.151 e. The van der Waals surface area contributed by atoms with Crippen molar-refractivity contribution in [3.63, 3.8) is 0 Å². The minimum atomic E-state index is -0.220. The van der Waals surface area contributed by atoms with Gasteiger partial charge in [0.15, 0.2) is 5.76 Å². The summed E-state index contributed by atoms with van der Waals surface area (Å²) in [5.41, 5.74) is 1.80. The van der Waals surface area contributed by atoms with Crippen LogP contribution in [0.1, 0.15) is 18.6 Å². The fraction of sp³-hybridized carbons (Fsp3) is 0.400. The number of aliphatic hydroxyl groups excluding tert-OH is 1. The minimum absolute atomic E-state index is 0.220. The van der Waals surface area contributed by atoms with Crippen molar-refractivity contribution in [2.45, 2.75) is 25.5 Å². The Hall–Kier alpha value is -1.36. The number of hydrogen-bond donors (Lipinski definition) is 1. The molecule has 5 heteroatoms. The van der Waals surface area contributed by atoms with Crippen LogP contribution in [0.3, 0.4) is 0 Å². The normalized spacial score (nSPS) is 20.2. The summed E-state index contributed by atoms with van der Waals surface area (Å²) in [4.78, 5) is 2.19. The highest BCUT2D eigenvalue weighted by Crippen LogP contribution is 2.22. The number of piperidine rings is 1. The Balaban J connectivity index is 1.69. The number of aliphatic hydroxyl groups is 1. The average molecular weight is 293 g/mol. The average Bonchev–Trinajstić information content (AvgIpc) is 2.88. The Morgan fingerprint density at radius 2 is 2.15 bits per heavy atom. The van der Waals surface area contributed by atoms with Crippen LogP contribution in [-0.2, 0) is 6.54 Å². The van der Waals surface area contributed by atoms with Crippen molar-refractivity contribution < 1.29 is 9.63 Å². The summed E-state index contributed by atoms with van der Waals surface area (Å²) in [6.07, 6.45) is 1.70. The van der Waals surface area contributed by atoms with Gasteiger partial charge in [0.25, 0.3) is 0 Å². The zero-order valence-electron chi connectivity index (χ0n) is 11.1. The van der Waals surface area contributed by atoms with Crippen LogP contribution in [0.5, 0.6) is 0 Å². The molecule has 1 fully saturated rings. The van der Waals surface area contributed by atoms with Crippen LogP contribution < -0.4 is 0 Å². The first-order valence-electron chi connectivity index (χ1n) is 6.82. The third kappa shape index (κ3) is 3.20. The zero-order valence-corrected chi connectivity index (χ0v) is 11.9. The van der Waals surface area contributed by atoms with Crippen molar-refractivity contribution >= 4 is 11.6 Å². The van der Waals surface area contributed by atoms with Crippen molar-refractivity contribution in [1.29, 1.82) is 0 Å². The Kier molecular flexibility index (Phi) is 4.05. The van der Waals surface area contributed by atoms with Gasteiger partial charge in [-0.3, -0.25) is 4.90 Å². The lowest BCUT2D eigenvalue weighted by Crippen LogP contribution is -2.37. The molecule has 0 aliphatic carbocycles. The van der Waals surface area contributed by atoms with E-state index in [1.807, 2.05) is 30.3 Å². The summed E-state index contributed by atoms with van der Waals surface area (Å²) in [6.45, 7) is 2.39. The quantitative estimate of drug-likeness (QED) is 0.945. The molecule has 1 atom stereocenters. The molecule has 1 unspecified atom stereocenters. The van der Waals surface area contributed by atoms with E-state index in [2.05, 4.69) is 10.1 Å². The molecule has 0 amide bonds. The van der Waals surface area contributed by atoms with Gasteiger partial charge in [-0.25, -0.2) is 0 Å². The molecule has 106 valence electrons. The summed E-state index contributed by atoms with van der Waals surface area (Å²) in [7, 11) is 0. The first-order chi connectivity index (χ1) is 9.70. The van der Waals surface area contributed by atoms with Gasteiger partial charge in [-0.15, -0.1) is 0 Å². The summed E-state index contributed by atoms with van der Waals surface area (Å²) in [5, 5.41) is 14.5. The van der Waals surface area contributed by atoms with E-state index in [1.54, 1.807) is 0 Å². The molecule has 1 saturated heterocycles. The third-order valence-corrected chi connectivity index (χ3v) is 3.81. The number of rotatable bonds is 3. The predicted octanol–water partition coefficient (Wildman–Crippen LogP) is 2.95. The number of benzene rings is 1. The van der Waals surface area contributed by atoms with Gasteiger partial charge in [0.2, 0.25) is 0 Å². The molecule has 0 radical (unpaired) electrons. The number of likely N-dealkylation sites (tertiary alicyclic amines) is 1. The van der Waals surface area contributed by atoms with Gasteiger partial charge < -0.3 is 9.63 Å².